The Hall–Kier alpha value is -0.750. The van der Waals surface area contributed by atoms with Crippen LogP contribution < -0.4 is 0 Å². The third-order valence-electron chi connectivity index (χ3n) is 1.43. The van der Waals surface area contributed by atoms with Gasteiger partial charge in [-0.15, -0.1) is 11.3 Å². The summed E-state index contributed by atoms with van der Waals surface area (Å²) in [4.78, 5) is 10.0. The number of ether oxygens (including phenoxy) is 1. The van der Waals surface area contributed by atoms with Gasteiger partial charge in [0.15, 0.2) is 0 Å². The molecule has 1 heterocycles. The molecule has 0 unspecified atom stereocenters. The van der Waals surface area contributed by atoms with Gasteiger partial charge >= 0.3 is 12.1 Å². The van der Waals surface area contributed by atoms with Gasteiger partial charge in [-0.3, -0.25) is 0 Å². The number of carbonyl (C=O) groups is 1. The van der Waals surface area contributed by atoms with E-state index in [-0.39, 0.29) is 27.8 Å². The van der Waals surface area contributed by atoms with E-state index in [2.05, 4.69) is 4.74 Å². The Kier molecular flexibility index (Phi) is 3.62. The summed E-state index contributed by atoms with van der Waals surface area (Å²) in [6, 6.07) is 0.721. The van der Waals surface area contributed by atoms with Crippen LogP contribution in [0, 0.1) is 0 Å². The third-order valence-corrected chi connectivity index (χ3v) is 3.00. The van der Waals surface area contributed by atoms with Crippen LogP contribution in [0.15, 0.2) is 6.07 Å². The summed E-state index contributed by atoms with van der Waals surface area (Å²) in [5.41, 5.74) is 0. The van der Waals surface area contributed by atoms with Crippen molar-refractivity contribution in [2.45, 2.75) is 13.1 Å². The lowest BCUT2D eigenvalue weighted by Gasteiger charge is -2.00. The monoisotopic (exact) mass is 258 g/mol. The lowest BCUT2D eigenvalue weighted by atomic mass is 10.4. The Morgan fingerprint density at radius 1 is 1.60 bits per heavy atom. The first-order valence-electron chi connectivity index (χ1n) is 3.90. The zero-order chi connectivity index (χ0) is 11.6. The summed E-state index contributed by atoms with van der Waals surface area (Å²) in [7, 11) is 0. The van der Waals surface area contributed by atoms with Gasteiger partial charge in [0.25, 0.3) is 0 Å². The third kappa shape index (κ3) is 2.85. The molecule has 0 aromatic carbocycles. The Morgan fingerprint density at radius 2 is 2.20 bits per heavy atom. The van der Waals surface area contributed by atoms with E-state index in [9.17, 15) is 18.0 Å². The molecule has 0 fully saturated rings. The minimum absolute atomic E-state index is 0.0917. The van der Waals surface area contributed by atoms with Crippen LogP contribution in [0.2, 0.25) is 5.02 Å². The van der Waals surface area contributed by atoms with Crippen LogP contribution in [0.1, 0.15) is 21.5 Å². The molecule has 0 aliphatic rings. The van der Waals surface area contributed by atoms with Crippen LogP contribution >= 0.6 is 22.9 Å². The molecule has 1 aromatic heterocycles. The fourth-order valence-electron chi connectivity index (χ4n) is 0.844. The summed E-state index contributed by atoms with van der Waals surface area (Å²) in [6.07, 6.45) is -4.49. The number of hydrogen-bond acceptors (Lipinski definition) is 3. The van der Waals surface area contributed by atoms with Gasteiger partial charge in [-0.2, -0.15) is 13.2 Å². The van der Waals surface area contributed by atoms with Crippen molar-refractivity contribution in [2.24, 2.45) is 0 Å². The van der Waals surface area contributed by atoms with Crippen molar-refractivity contribution >= 4 is 28.9 Å². The van der Waals surface area contributed by atoms with Gasteiger partial charge in [0, 0.05) is 0 Å². The van der Waals surface area contributed by atoms with Crippen LogP contribution in [-0.4, -0.2) is 12.6 Å². The maximum atomic E-state index is 12.2. The van der Waals surface area contributed by atoms with Crippen LogP contribution in [0.4, 0.5) is 13.2 Å². The molecule has 7 heteroatoms. The molecule has 0 radical (unpaired) electrons. The van der Waals surface area contributed by atoms with E-state index < -0.39 is 17.0 Å². The zero-order valence-corrected chi connectivity index (χ0v) is 9.09. The molecule has 0 atom stereocenters. The predicted octanol–water partition coefficient (Wildman–Crippen LogP) is 3.60. The van der Waals surface area contributed by atoms with E-state index in [1.165, 1.54) is 0 Å². The lowest BCUT2D eigenvalue weighted by Crippen LogP contribution is -2.03. The Morgan fingerprint density at radius 3 is 2.60 bits per heavy atom. The topological polar surface area (TPSA) is 26.3 Å². The van der Waals surface area contributed by atoms with Gasteiger partial charge < -0.3 is 4.74 Å². The van der Waals surface area contributed by atoms with Gasteiger partial charge in [-0.1, -0.05) is 11.6 Å². The van der Waals surface area contributed by atoms with Crippen LogP contribution in [0.5, 0.6) is 0 Å². The molecule has 0 amide bonds. The quantitative estimate of drug-likeness (QED) is 0.758. The highest BCUT2D eigenvalue weighted by molar-refractivity contribution is 7.14. The fraction of sp³-hybridized carbons (Fsp3) is 0.375. The highest BCUT2D eigenvalue weighted by atomic mass is 35.5. The Labute approximate surface area is 92.6 Å². The second-order valence-corrected chi connectivity index (χ2v) is 3.97. The highest BCUT2D eigenvalue weighted by Crippen LogP contribution is 2.38. The maximum Gasteiger partial charge on any atom is 0.425 e. The van der Waals surface area contributed by atoms with Gasteiger partial charge in [0.1, 0.15) is 9.75 Å². The minimum Gasteiger partial charge on any atom is -0.462 e. The molecule has 0 aliphatic heterocycles. The normalized spacial score (nSPS) is 11.5. The number of halogens is 4. The van der Waals surface area contributed by atoms with Gasteiger partial charge in [0.05, 0.1) is 11.6 Å². The number of thiophene rings is 1. The Bertz CT molecular complexity index is 372. The molecule has 2 nitrogen and oxygen atoms in total. The molecule has 0 aliphatic carbocycles. The number of carbonyl (C=O) groups excluding carboxylic acids is 1. The molecular weight excluding hydrogens is 253 g/mol. The molecule has 0 N–H and O–H groups in total. The second-order valence-electron chi connectivity index (χ2n) is 2.51. The molecule has 1 rings (SSSR count). The van der Waals surface area contributed by atoms with Crippen LogP contribution in [-0.2, 0) is 10.9 Å². The van der Waals surface area contributed by atoms with E-state index in [1.807, 2.05) is 0 Å². The zero-order valence-electron chi connectivity index (χ0n) is 7.52. The number of hydrogen-bond donors (Lipinski definition) is 0. The van der Waals surface area contributed by atoms with Crippen molar-refractivity contribution in [3.63, 3.8) is 0 Å². The molecular formula is C8H6ClF3O2S. The van der Waals surface area contributed by atoms with Gasteiger partial charge in [-0.25, -0.2) is 4.79 Å². The van der Waals surface area contributed by atoms with Crippen molar-refractivity contribution in [2.75, 3.05) is 6.61 Å². The number of esters is 1. The maximum absolute atomic E-state index is 12.2. The largest absolute Gasteiger partial charge is 0.462 e. The smallest absolute Gasteiger partial charge is 0.425 e. The van der Waals surface area contributed by atoms with E-state index in [0.717, 1.165) is 6.07 Å². The molecule has 84 valence electrons. The summed E-state index contributed by atoms with van der Waals surface area (Å²) in [6.45, 7) is 1.65. The van der Waals surface area contributed by atoms with Crippen molar-refractivity contribution in [1.29, 1.82) is 0 Å². The lowest BCUT2D eigenvalue weighted by molar-refractivity contribution is -0.134. The summed E-state index contributed by atoms with van der Waals surface area (Å²) < 4.78 is 41.2. The van der Waals surface area contributed by atoms with E-state index in [4.69, 9.17) is 11.6 Å². The predicted molar refractivity (Wildman–Crippen MR) is 50.3 cm³/mol. The first-order valence-corrected chi connectivity index (χ1v) is 5.09. The highest BCUT2D eigenvalue weighted by Gasteiger charge is 2.35. The van der Waals surface area contributed by atoms with Crippen LogP contribution in [0.25, 0.3) is 0 Å². The van der Waals surface area contributed by atoms with Gasteiger partial charge in [-0.05, 0) is 13.0 Å². The molecule has 0 spiro atoms. The molecule has 0 bridgehead atoms. The molecule has 15 heavy (non-hydrogen) atoms. The summed E-state index contributed by atoms with van der Waals surface area (Å²) in [5, 5.41) is -0.231. The number of rotatable bonds is 2. The van der Waals surface area contributed by atoms with E-state index in [0.29, 0.717) is 0 Å². The standard InChI is InChI=1S/C8H6ClF3O2S/c1-2-14-7(13)6-4(9)3-5(15-6)8(10,11)12/h3H,2H2,1H3. The average molecular weight is 259 g/mol. The first-order chi connectivity index (χ1) is 6.86. The molecule has 0 saturated heterocycles. The van der Waals surface area contributed by atoms with Crippen LogP contribution in [0.3, 0.4) is 0 Å². The van der Waals surface area contributed by atoms with E-state index >= 15 is 0 Å². The van der Waals surface area contributed by atoms with Crippen molar-refractivity contribution in [1.82, 2.24) is 0 Å². The van der Waals surface area contributed by atoms with Crippen molar-refractivity contribution < 1.29 is 22.7 Å². The minimum atomic E-state index is -4.49. The second kappa shape index (κ2) is 4.40. The summed E-state index contributed by atoms with van der Waals surface area (Å²) in [5.74, 6) is -0.831. The first kappa shape index (κ1) is 12.3. The van der Waals surface area contributed by atoms with Crippen molar-refractivity contribution in [3.05, 3.63) is 20.8 Å². The SMILES string of the molecule is CCOC(=O)c1sc(C(F)(F)F)cc1Cl. The number of alkyl halides is 3. The average Bonchev–Trinajstić information content (AvgIpc) is 2.47. The molecule has 1 aromatic rings. The van der Waals surface area contributed by atoms with E-state index in [1.54, 1.807) is 6.92 Å². The Balaban J connectivity index is 3.02. The van der Waals surface area contributed by atoms with Gasteiger partial charge in [0.2, 0.25) is 0 Å². The fourth-order valence-corrected chi connectivity index (χ4v) is 2.02. The van der Waals surface area contributed by atoms with Crippen molar-refractivity contribution in [3.8, 4) is 0 Å². The molecule has 0 saturated carbocycles. The summed E-state index contributed by atoms with van der Waals surface area (Å²) >= 11 is 5.77.